The molecule has 0 aromatic carbocycles. The molecular formula is C10H18O2. The van der Waals surface area contributed by atoms with Crippen LogP contribution in [-0.4, -0.2) is 17.5 Å². The van der Waals surface area contributed by atoms with Gasteiger partial charge in [0.1, 0.15) is 5.78 Å². The summed E-state index contributed by atoms with van der Waals surface area (Å²) in [6, 6.07) is 0. The molecule has 0 aromatic heterocycles. The summed E-state index contributed by atoms with van der Waals surface area (Å²) < 4.78 is 0. The van der Waals surface area contributed by atoms with Gasteiger partial charge in [-0.1, -0.05) is 0 Å². The third kappa shape index (κ3) is 2.94. The lowest BCUT2D eigenvalue weighted by Crippen LogP contribution is -2.18. The van der Waals surface area contributed by atoms with E-state index in [0.29, 0.717) is 24.2 Å². The van der Waals surface area contributed by atoms with Crippen LogP contribution in [0.5, 0.6) is 0 Å². The minimum atomic E-state index is 0.308. The van der Waals surface area contributed by atoms with Crippen molar-refractivity contribution in [2.45, 2.75) is 39.0 Å². The standard InChI is InChI=1S/C10H18O2/c1-8(12)6-9-2-4-10(7-11)5-3-9/h9-11H,2-7H2,1H3. The van der Waals surface area contributed by atoms with E-state index >= 15 is 0 Å². The van der Waals surface area contributed by atoms with E-state index in [-0.39, 0.29) is 0 Å². The van der Waals surface area contributed by atoms with Crippen molar-refractivity contribution in [2.24, 2.45) is 11.8 Å². The monoisotopic (exact) mass is 170 g/mol. The summed E-state index contributed by atoms with van der Waals surface area (Å²) in [6.45, 7) is 1.99. The van der Waals surface area contributed by atoms with Gasteiger partial charge >= 0.3 is 0 Å². The van der Waals surface area contributed by atoms with Crippen LogP contribution in [0.4, 0.5) is 0 Å². The highest BCUT2D eigenvalue weighted by Crippen LogP contribution is 2.30. The van der Waals surface area contributed by atoms with E-state index in [2.05, 4.69) is 0 Å². The Morgan fingerprint density at radius 1 is 1.25 bits per heavy atom. The van der Waals surface area contributed by atoms with Crippen LogP contribution in [0.1, 0.15) is 39.0 Å². The number of aliphatic hydroxyl groups is 1. The van der Waals surface area contributed by atoms with E-state index in [9.17, 15) is 4.79 Å². The lowest BCUT2D eigenvalue weighted by atomic mass is 9.80. The van der Waals surface area contributed by atoms with E-state index in [0.717, 1.165) is 32.1 Å². The Labute approximate surface area is 74.0 Å². The summed E-state index contributed by atoms with van der Waals surface area (Å²) in [4.78, 5) is 10.8. The van der Waals surface area contributed by atoms with Gasteiger partial charge in [-0.2, -0.15) is 0 Å². The summed E-state index contributed by atoms with van der Waals surface area (Å²) in [5.74, 6) is 1.42. The Balaban J connectivity index is 2.21. The lowest BCUT2D eigenvalue weighted by molar-refractivity contribution is -0.118. The highest BCUT2D eigenvalue weighted by Gasteiger charge is 2.21. The molecule has 12 heavy (non-hydrogen) atoms. The number of hydrogen-bond acceptors (Lipinski definition) is 2. The zero-order chi connectivity index (χ0) is 8.97. The van der Waals surface area contributed by atoms with Gasteiger partial charge in [-0.05, 0) is 44.4 Å². The first-order chi connectivity index (χ1) is 5.72. The van der Waals surface area contributed by atoms with Crippen molar-refractivity contribution in [3.8, 4) is 0 Å². The van der Waals surface area contributed by atoms with Crippen LogP contribution in [0, 0.1) is 11.8 Å². The minimum Gasteiger partial charge on any atom is -0.396 e. The topological polar surface area (TPSA) is 37.3 Å². The van der Waals surface area contributed by atoms with Crippen LogP contribution in [0.3, 0.4) is 0 Å². The number of aliphatic hydroxyl groups excluding tert-OH is 1. The molecule has 2 heteroatoms. The highest BCUT2D eigenvalue weighted by molar-refractivity contribution is 5.75. The lowest BCUT2D eigenvalue weighted by Gasteiger charge is -2.26. The first-order valence-electron chi connectivity index (χ1n) is 4.82. The van der Waals surface area contributed by atoms with E-state index in [1.54, 1.807) is 6.92 Å². The van der Waals surface area contributed by atoms with Crippen molar-refractivity contribution in [3.63, 3.8) is 0 Å². The smallest absolute Gasteiger partial charge is 0.130 e. The van der Waals surface area contributed by atoms with Gasteiger partial charge in [0, 0.05) is 13.0 Å². The third-order valence-corrected chi connectivity index (χ3v) is 2.80. The summed E-state index contributed by atoms with van der Waals surface area (Å²) in [5, 5.41) is 8.89. The van der Waals surface area contributed by atoms with Gasteiger partial charge in [-0.15, -0.1) is 0 Å². The average Bonchev–Trinajstić information content (AvgIpc) is 2.05. The molecule has 0 atom stereocenters. The molecule has 0 saturated heterocycles. The van der Waals surface area contributed by atoms with Crippen molar-refractivity contribution in [3.05, 3.63) is 0 Å². The molecule has 1 saturated carbocycles. The van der Waals surface area contributed by atoms with Crippen LogP contribution in [0.15, 0.2) is 0 Å². The normalized spacial score (nSPS) is 30.2. The Kier molecular flexibility index (Phi) is 3.73. The van der Waals surface area contributed by atoms with Crippen LogP contribution < -0.4 is 0 Å². The number of rotatable bonds is 3. The Morgan fingerprint density at radius 2 is 1.75 bits per heavy atom. The van der Waals surface area contributed by atoms with Gasteiger partial charge in [-0.25, -0.2) is 0 Å². The summed E-state index contributed by atoms with van der Waals surface area (Å²) in [5.41, 5.74) is 0. The van der Waals surface area contributed by atoms with Gasteiger partial charge in [0.25, 0.3) is 0 Å². The molecule has 0 heterocycles. The molecule has 2 nitrogen and oxygen atoms in total. The van der Waals surface area contributed by atoms with Crippen molar-refractivity contribution < 1.29 is 9.90 Å². The SMILES string of the molecule is CC(=O)CC1CCC(CO)CC1. The summed E-state index contributed by atoms with van der Waals surface area (Å²) in [7, 11) is 0. The van der Waals surface area contributed by atoms with Gasteiger partial charge in [0.2, 0.25) is 0 Å². The molecule has 1 fully saturated rings. The maximum absolute atomic E-state index is 10.8. The molecule has 1 aliphatic rings. The molecule has 70 valence electrons. The molecule has 1 aliphatic carbocycles. The third-order valence-electron chi connectivity index (χ3n) is 2.80. The summed E-state index contributed by atoms with van der Waals surface area (Å²) in [6.07, 6.45) is 5.22. The number of carbonyl (C=O) groups excluding carboxylic acids is 1. The quantitative estimate of drug-likeness (QED) is 0.700. The Morgan fingerprint density at radius 3 is 2.17 bits per heavy atom. The largest absolute Gasteiger partial charge is 0.396 e. The van der Waals surface area contributed by atoms with Crippen molar-refractivity contribution >= 4 is 5.78 Å². The van der Waals surface area contributed by atoms with Crippen LogP contribution in [0.25, 0.3) is 0 Å². The van der Waals surface area contributed by atoms with E-state index < -0.39 is 0 Å². The van der Waals surface area contributed by atoms with Gasteiger partial charge < -0.3 is 9.90 Å². The van der Waals surface area contributed by atoms with Crippen LogP contribution in [-0.2, 0) is 4.79 Å². The predicted octanol–water partition coefficient (Wildman–Crippen LogP) is 1.76. The van der Waals surface area contributed by atoms with Crippen LogP contribution >= 0.6 is 0 Å². The molecule has 0 spiro atoms. The molecular weight excluding hydrogens is 152 g/mol. The van der Waals surface area contributed by atoms with Crippen molar-refractivity contribution in [1.82, 2.24) is 0 Å². The number of hydrogen-bond donors (Lipinski definition) is 1. The van der Waals surface area contributed by atoms with E-state index in [1.807, 2.05) is 0 Å². The predicted molar refractivity (Wildman–Crippen MR) is 47.8 cm³/mol. The average molecular weight is 170 g/mol. The molecule has 1 N–H and O–H groups in total. The molecule has 0 bridgehead atoms. The highest BCUT2D eigenvalue weighted by atomic mass is 16.3. The fourth-order valence-corrected chi connectivity index (χ4v) is 2.02. The second-order valence-corrected chi connectivity index (χ2v) is 3.98. The Hall–Kier alpha value is -0.370. The Bertz CT molecular complexity index is 146. The number of carbonyl (C=O) groups is 1. The zero-order valence-electron chi connectivity index (χ0n) is 7.75. The first-order valence-corrected chi connectivity index (χ1v) is 4.82. The van der Waals surface area contributed by atoms with E-state index in [1.165, 1.54) is 0 Å². The van der Waals surface area contributed by atoms with Gasteiger partial charge in [-0.3, -0.25) is 0 Å². The molecule has 0 unspecified atom stereocenters. The molecule has 1 rings (SSSR count). The van der Waals surface area contributed by atoms with Crippen molar-refractivity contribution in [2.75, 3.05) is 6.61 Å². The fraction of sp³-hybridized carbons (Fsp3) is 0.900. The second-order valence-electron chi connectivity index (χ2n) is 3.98. The van der Waals surface area contributed by atoms with Gasteiger partial charge in [0.15, 0.2) is 0 Å². The maximum atomic E-state index is 10.8. The van der Waals surface area contributed by atoms with Crippen LogP contribution in [0.2, 0.25) is 0 Å². The molecule has 0 aromatic rings. The number of ketones is 1. The molecule has 0 aliphatic heterocycles. The minimum absolute atomic E-state index is 0.308. The van der Waals surface area contributed by atoms with Crippen molar-refractivity contribution in [1.29, 1.82) is 0 Å². The molecule has 0 amide bonds. The fourth-order valence-electron chi connectivity index (χ4n) is 2.02. The second kappa shape index (κ2) is 4.61. The number of Topliss-reactive ketones (excluding diaryl/α,β-unsaturated/α-hetero) is 1. The zero-order valence-corrected chi connectivity index (χ0v) is 7.75. The van der Waals surface area contributed by atoms with E-state index in [4.69, 9.17) is 5.11 Å². The van der Waals surface area contributed by atoms with Gasteiger partial charge in [0.05, 0.1) is 0 Å². The maximum Gasteiger partial charge on any atom is 0.130 e. The molecule has 0 radical (unpaired) electrons. The summed E-state index contributed by atoms with van der Waals surface area (Å²) >= 11 is 0. The first kappa shape index (κ1) is 9.72.